The van der Waals surface area contributed by atoms with Crippen LogP contribution in [0, 0.1) is 0 Å². The molecule has 1 atom stereocenters. The van der Waals surface area contributed by atoms with Gasteiger partial charge < -0.3 is 9.47 Å². The third-order valence-corrected chi connectivity index (χ3v) is 7.71. The maximum atomic E-state index is 12.9. The Morgan fingerprint density at radius 3 is 2.89 bits per heavy atom. The van der Waals surface area contributed by atoms with Crippen LogP contribution < -0.4 is 10.3 Å². The molecule has 7 nitrogen and oxygen atoms in total. The summed E-state index contributed by atoms with van der Waals surface area (Å²) >= 11 is 5.88. The highest BCUT2D eigenvalue weighted by Gasteiger charge is 2.29. The van der Waals surface area contributed by atoms with E-state index >= 15 is 0 Å². The number of piperazine rings is 1. The van der Waals surface area contributed by atoms with Crippen molar-refractivity contribution in [1.82, 2.24) is 19.4 Å². The van der Waals surface area contributed by atoms with Crippen molar-refractivity contribution in [3.63, 3.8) is 0 Å². The third kappa shape index (κ3) is 5.65. The van der Waals surface area contributed by atoms with Gasteiger partial charge in [0.15, 0.2) is 0 Å². The van der Waals surface area contributed by atoms with E-state index in [0.29, 0.717) is 16.8 Å². The number of nitrogens with zero attached hydrogens (tertiary/aromatic N) is 4. The maximum Gasteiger partial charge on any atom is 0.258 e. The van der Waals surface area contributed by atoms with Gasteiger partial charge in [-0.15, -0.1) is 0 Å². The Kier molecular flexibility index (Phi) is 7.11. The van der Waals surface area contributed by atoms with Crippen LogP contribution in [0.25, 0.3) is 11.8 Å². The van der Waals surface area contributed by atoms with Crippen molar-refractivity contribution in [2.45, 2.75) is 32.0 Å². The van der Waals surface area contributed by atoms with Crippen molar-refractivity contribution in [1.29, 1.82) is 0 Å². The Bertz CT molecular complexity index is 1350. The van der Waals surface area contributed by atoms with Crippen LogP contribution in [0.2, 0.25) is 5.02 Å². The number of hydrogen-bond acceptors (Lipinski definition) is 6. The molecular weight excluding hydrogens is 488 g/mol. The van der Waals surface area contributed by atoms with Gasteiger partial charge in [-0.05, 0) is 53.8 Å². The van der Waals surface area contributed by atoms with E-state index in [2.05, 4.69) is 39.1 Å². The summed E-state index contributed by atoms with van der Waals surface area (Å²) in [6, 6.07) is 14.2. The second kappa shape index (κ2) is 10.8. The van der Waals surface area contributed by atoms with Gasteiger partial charge in [0.05, 0.1) is 23.9 Å². The van der Waals surface area contributed by atoms with Crippen molar-refractivity contribution in [2.24, 2.45) is 0 Å². The van der Waals surface area contributed by atoms with Gasteiger partial charge in [-0.2, -0.15) is 0 Å². The van der Waals surface area contributed by atoms with Crippen LogP contribution in [0.1, 0.15) is 28.8 Å². The number of benzene rings is 1. The average Bonchev–Trinajstić information content (AvgIpc) is 2.92. The summed E-state index contributed by atoms with van der Waals surface area (Å²) in [5, 5.41) is 0.582. The number of fused-ring (bicyclic) bond motifs is 2. The molecule has 2 aliphatic heterocycles. The number of rotatable bonds is 6. The predicted molar refractivity (Wildman–Crippen MR) is 145 cm³/mol. The minimum absolute atomic E-state index is 0.0984. The van der Waals surface area contributed by atoms with Crippen LogP contribution >= 0.6 is 11.6 Å². The molecule has 0 saturated carbocycles. The quantitative estimate of drug-likeness (QED) is 0.493. The number of morpholine rings is 1. The number of halogens is 1. The van der Waals surface area contributed by atoms with Crippen LogP contribution in [-0.4, -0.2) is 64.8 Å². The number of aromatic nitrogens is 2. The lowest BCUT2D eigenvalue weighted by atomic mass is 9.93. The van der Waals surface area contributed by atoms with E-state index in [1.54, 1.807) is 23.0 Å². The first-order valence-electron chi connectivity index (χ1n) is 12.9. The van der Waals surface area contributed by atoms with Crippen LogP contribution in [0.5, 0.6) is 5.75 Å². The van der Waals surface area contributed by atoms with Crippen LogP contribution in [-0.2, 0) is 24.3 Å². The van der Waals surface area contributed by atoms with Crippen molar-refractivity contribution in [2.75, 3.05) is 39.4 Å². The smallest absolute Gasteiger partial charge is 0.258 e. The Morgan fingerprint density at radius 2 is 2.03 bits per heavy atom. The van der Waals surface area contributed by atoms with Crippen molar-refractivity contribution in [3.8, 4) is 5.75 Å². The molecule has 6 rings (SSSR count). The first kappa shape index (κ1) is 24.4. The zero-order valence-electron chi connectivity index (χ0n) is 20.8. The molecule has 2 fully saturated rings. The lowest BCUT2D eigenvalue weighted by Crippen LogP contribution is -2.57. The molecule has 0 N–H and O–H groups in total. The van der Waals surface area contributed by atoms with Crippen molar-refractivity contribution < 1.29 is 9.47 Å². The Labute approximate surface area is 221 Å². The van der Waals surface area contributed by atoms with Gasteiger partial charge in [0.1, 0.15) is 12.4 Å². The second-order valence-corrected chi connectivity index (χ2v) is 10.4. The molecule has 37 heavy (non-hydrogen) atoms. The molecule has 0 unspecified atom stereocenters. The fourth-order valence-electron chi connectivity index (χ4n) is 5.47. The molecule has 3 aliphatic rings. The minimum atomic E-state index is -0.0984. The first-order valence-corrected chi connectivity index (χ1v) is 13.3. The molecule has 192 valence electrons. The predicted octanol–water partition coefficient (Wildman–Crippen LogP) is 3.94. The molecule has 4 heterocycles. The Hall–Kier alpha value is -2.97. The van der Waals surface area contributed by atoms with E-state index in [1.807, 2.05) is 12.1 Å². The summed E-state index contributed by atoms with van der Waals surface area (Å²) in [6.07, 6.45) is 7.27. The summed E-state index contributed by atoms with van der Waals surface area (Å²) in [7, 11) is 0. The standard InChI is InChI=1S/C29H31ClN4O3/c30-24-4-5-25(31-16-24)19-37-28-7-8-34(29(35)15-28)26-6-3-22-13-21(1-2-23(22)14-26)17-32-9-10-33-11-12-36-20-27(33)18-32/h1-2,4-5,7-8,13-16,27H,3,6,9-12,17-20H2/t27-/m0/s1. The van der Waals surface area contributed by atoms with Crippen molar-refractivity contribution >= 4 is 23.4 Å². The van der Waals surface area contributed by atoms with E-state index in [-0.39, 0.29) is 12.2 Å². The number of hydrogen-bond donors (Lipinski definition) is 0. The van der Waals surface area contributed by atoms with Gasteiger partial charge in [0, 0.05) is 62.9 Å². The minimum Gasteiger partial charge on any atom is -0.487 e. The average molecular weight is 519 g/mol. The molecule has 3 aromatic rings. The largest absolute Gasteiger partial charge is 0.487 e. The van der Waals surface area contributed by atoms with Crippen molar-refractivity contribution in [3.05, 3.63) is 92.6 Å². The maximum absolute atomic E-state index is 12.9. The molecule has 0 radical (unpaired) electrons. The van der Waals surface area contributed by atoms with E-state index in [4.69, 9.17) is 21.1 Å². The van der Waals surface area contributed by atoms with Gasteiger partial charge in [-0.25, -0.2) is 0 Å². The van der Waals surface area contributed by atoms with Crippen LogP contribution in [0.4, 0.5) is 0 Å². The van der Waals surface area contributed by atoms with Gasteiger partial charge >= 0.3 is 0 Å². The molecule has 2 saturated heterocycles. The number of aryl methyl sites for hydroxylation is 1. The number of ether oxygens (including phenoxy) is 2. The van der Waals surface area contributed by atoms with E-state index in [1.165, 1.54) is 22.8 Å². The molecule has 0 spiro atoms. The molecule has 8 heteroatoms. The first-order chi connectivity index (χ1) is 18.1. The Morgan fingerprint density at radius 1 is 1.08 bits per heavy atom. The Balaban J connectivity index is 1.11. The van der Waals surface area contributed by atoms with E-state index in [9.17, 15) is 4.79 Å². The summed E-state index contributed by atoms with van der Waals surface area (Å²) in [5.41, 5.74) is 5.56. The highest BCUT2D eigenvalue weighted by Crippen LogP contribution is 2.28. The van der Waals surface area contributed by atoms with Gasteiger partial charge in [-0.1, -0.05) is 29.8 Å². The summed E-state index contributed by atoms with van der Waals surface area (Å²) in [6.45, 7) is 7.33. The monoisotopic (exact) mass is 518 g/mol. The highest BCUT2D eigenvalue weighted by atomic mass is 35.5. The third-order valence-electron chi connectivity index (χ3n) is 7.48. The van der Waals surface area contributed by atoms with Gasteiger partial charge in [-0.3, -0.25) is 24.1 Å². The normalized spacial score (nSPS) is 20.1. The van der Waals surface area contributed by atoms with Gasteiger partial charge in [0.25, 0.3) is 5.56 Å². The molecule has 1 aromatic carbocycles. The zero-order valence-corrected chi connectivity index (χ0v) is 21.6. The van der Waals surface area contributed by atoms with E-state index in [0.717, 1.165) is 70.2 Å². The summed E-state index contributed by atoms with van der Waals surface area (Å²) < 4.78 is 13.2. The second-order valence-electron chi connectivity index (χ2n) is 10.00. The molecule has 0 amide bonds. The molecular formula is C29H31ClN4O3. The van der Waals surface area contributed by atoms with Gasteiger partial charge in [0.2, 0.25) is 0 Å². The molecule has 1 aliphatic carbocycles. The number of allylic oxidation sites excluding steroid dienone is 1. The fraction of sp³-hybridized carbons (Fsp3) is 0.379. The number of pyridine rings is 2. The zero-order chi connectivity index (χ0) is 25.2. The molecule has 2 aromatic heterocycles. The highest BCUT2D eigenvalue weighted by molar-refractivity contribution is 6.30. The topological polar surface area (TPSA) is 59.8 Å². The molecule has 0 bridgehead atoms. The lowest BCUT2D eigenvalue weighted by molar-refractivity contribution is -0.0461. The lowest BCUT2D eigenvalue weighted by Gasteiger charge is -2.43. The SMILES string of the molecule is O=c1cc(OCc2ccc(Cl)cn2)ccn1C1=Cc2ccc(CN3CCN4CCOC[C@@H]4C3)cc2CC1. The van der Waals surface area contributed by atoms with Crippen LogP contribution in [0.15, 0.2) is 59.7 Å². The van der Waals surface area contributed by atoms with E-state index < -0.39 is 0 Å². The summed E-state index contributed by atoms with van der Waals surface area (Å²) in [4.78, 5) is 22.2. The summed E-state index contributed by atoms with van der Waals surface area (Å²) in [5.74, 6) is 0.528. The van der Waals surface area contributed by atoms with Crippen LogP contribution in [0.3, 0.4) is 0 Å². The fourth-order valence-corrected chi connectivity index (χ4v) is 5.58.